The average molecular weight is 180 g/mol. The number of aromatic nitrogens is 1. The molecule has 1 aromatic rings. The Labute approximate surface area is 79.2 Å². The molecule has 0 bridgehead atoms. The number of carbonyl (C=O) groups excluding carboxylic acids is 1. The van der Waals surface area contributed by atoms with Crippen LogP contribution in [0.1, 0.15) is 30.0 Å². The first-order chi connectivity index (χ1) is 6.24. The maximum absolute atomic E-state index is 11.0. The van der Waals surface area contributed by atoms with E-state index >= 15 is 0 Å². The molecule has 0 spiro atoms. The summed E-state index contributed by atoms with van der Waals surface area (Å²) in [6.45, 7) is 5.85. The van der Waals surface area contributed by atoms with E-state index in [1.165, 1.54) is 0 Å². The van der Waals surface area contributed by atoms with Gasteiger partial charge in [-0.05, 0) is 19.1 Å². The van der Waals surface area contributed by atoms with Crippen LogP contribution < -0.4 is 5.32 Å². The van der Waals surface area contributed by atoms with Gasteiger partial charge in [0.2, 0.25) is 0 Å². The summed E-state index contributed by atoms with van der Waals surface area (Å²) in [5.74, 6) is -0.145. The average Bonchev–Trinajstić information content (AvgIpc) is 2.20. The van der Waals surface area contributed by atoms with Crippen LogP contribution in [0.15, 0.2) is 18.2 Å². The first-order valence-electron chi connectivity index (χ1n) is 4.40. The van der Waals surface area contributed by atoms with Crippen LogP contribution in [0.5, 0.6) is 0 Å². The van der Waals surface area contributed by atoms with Gasteiger partial charge in [-0.3, -0.25) is 4.79 Å². The third kappa shape index (κ3) is 3.69. The molecule has 0 atom stereocenters. The molecule has 0 aliphatic heterocycles. The SMILES string of the molecule is CC.CNC(=O)c1cccc(C)n1. The maximum Gasteiger partial charge on any atom is 0.269 e. The number of hydrogen-bond donors (Lipinski definition) is 1. The molecular formula is C10H16N2O. The Morgan fingerprint density at radius 3 is 2.46 bits per heavy atom. The molecule has 0 saturated heterocycles. The Morgan fingerprint density at radius 2 is 2.00 bits per heavy atom. The van der Waals surface area contributed by atoms with E-state index in [9.17, 15) is 4.79 Å². The molecule has 1 aromatic heterocycles. The van der Waals surface area contributed by atoms with Gasteiger partial charge in [-0.1, -0.05) is 19.9 Å². The fraction of sp³-hybridized carbons (Fsp3) is 0.400. The molecule has 0 aliphatic rings. The molecule has 3 nitrogen and oxygen atoms in total. The van der Waals surface area contributed by atoms with Crippen molar-refractivity contribution in [3.63, 3.8) is 0 Å². The summed E-state index contributed by atoms with van der Waals surface area (Å²) >= 11 is 0. The molecule has 13 heavy (non-hydrogen) atoms. The second-order valence-electron chi connectivity index (χ2n) is 2.24. The summed E-state index contributed by atoms with van der Waals surface area (Å²) in [6, 6.07) is 5.35. The number of hydrogen-bond acceptors (Lipinski definition) is 2. The highest BCUT2D eigenvalue weighted by Crippen LogP contribution is 1.96. The van der Waals surface area contributed by atoms with E-state index in [0.717, 1.165) is 5.69 Å². The predicted molar refractivity (Wildman–Crippen MR) is 53.7 cm³/mol. The summed E-state index contributed by atoms with van der Waals surface area (Å²) in [7, 11) is 1.59. The van der Waals surface area contributed by atoms with Crippen molar-refractivity contribution < 1.29 is 4.79 Å². The monoisotopic (exact) mass is 180 g/mol. The van der Waals surface area contributed by atoms with Gasteiger partial charge in [0.15, 0.2) is 0 Å². The van der Waals surface area contributed by atoms with Crippen molar-refractivity contribution in [3.8, 4) is 0 Å². The third-order valence-electron chi connectivity index (χ3n) is 1.35. The minimum atomic E-state index is -0.145. The molecule has 0 unspecified atom stereocenters. The normalized spacial score (nSPS) is 8.31. The first-order valence-corrected chi connectivity index (χ1v) is 4.40. The highest BCUT2D eigenvalue weighted by atomic mass is 16.1. The molecule has 0 aliphatic carbocycles. The number of pyridine rings is 1. The standard InChI is InChI=1S/C8H10N2O.C2H6/c1-6-4-3-5-7(10-6)8(11)9-2;1-2/h3-5H,1-2H3,(H,9,11);1-2H3. The van der Waals surface area contributed by atoms with E-state index in [4.69, 9.17) is 0 Å². The van der Waals surface area contributed by atoms with Gasteiger partial charge in [0.1, 0.15) is 5.69 Å². The molecule has 0 fully saturated rings. The van der Waals surface area contributed by atoms with Gasteiger partial charge in [-0.25, -0.2) is 4.98 Å². The van der Waals surface area contributed by atoms with Gasteiger partial charge in [0, 0.05) is 12.7 Å². The minimum Gasteiger partial charge on any atom is -0.354 e. The zero-order valence-corrected chi connectivity index (χ0v) is 8.59. The van der Waals surface area contributed by atoms with Crippen molar-refractivity contribution in [2.45, 2.75) is 20.8 Å². The van der Waals surface area contributed by atoms with E-state index in [-0.39, 0.29) is 5.91 Å². The zero-order valence-electron chi connectivity index (χ0n) is 8.59. The van der Waals surface area contributed by atoms with Gasteiger partial charge in [-0.15, -0.1) is 0 Å². The molecule has 1 amide bonds. The van der Waals surface area contributed by atoms with Crippen molar-refractivity contribution in [3.05, 3.63) is 29.6 Å². The van der Waals surface area contributed by atoms with E-state index in [1.54, 1.807) is 13.1 Å². The summed E-state index contributed by atoms with van der Waals surface area (Å²) < 4.78 is 0. The van der Waals surface area contributed by atoms with Crippen LogP contribution in [0.3, 0.4) is 0 Å². The fourth-order valence-corrected chi connectivity index (χ4v) is 0.798. The highest BCUT2D eigenvalue weighted by molar-refractivity contribution is 5.91. The quantitative estimate of drug-likeness (QED) is 0.715. The van der Waals surface area contributed by atoms with Crippen LogP contribution in [0.2, 0.25) is 0 Å². The summed E-state index contributed by atoms with van der Waals surface area (Å²) in [5.41, 5.74) is 1.32. The molecule has 3 heteroatoms. The number of nitrogens with one attached hydrogen (secondary N) is 1. The molecular weight excluding hydrogens is 164 g/mol. The molecule has 1 rings (SSSR count). The Balaban J connectivity index is 0.000000671. The highest BCUT2D eigenvalue weighted by Gasteiger charge is 2.02. The fourth-order valence-electron chi connectivity index (χ4n) is 0.798. The van der Waals surface area contributed by atoms with Crippen LogP contribution in [0.4, 0.5) is 0 Å². The zero-order chi connectivity index (χ0) is 10.3. The second-order valence-corrected chi connectivity index (χ2v) is 2.24. The largest absolute Gasteiger partial charge is 0.354 e. The number of nitrogens with zero attached hydrogens (tertiary/aromatic N) is 1. The molecule has 1 N–H and O–H groups in total. The molecule has 0 saturated carbocycles. The van der Waals surface area contributed by atoms with Crippen molar-refractivity contribution in [1.29, 1.82) is 0 Å². The van der Waals surface area contributed by atoms with Crippen LogP contribution in [0.25, 0.3) is 0 Å². The number of aryl methyl sites for hydroxylation is 1. The lowest BCUT2D eigenvalue weighted by Gasteiger charge is -1.98. The van der Waals surface area contributed by atoms with Gasteiger partial charge >= 0.3 is 0 Å². The van der Waals surface area contributed by atoms with E-state index in [0.29, 0.717) is 5.69 Å². The lowest BCUT2D eigenvalue weighted by Crippen LogP contribution is -2.19. The molecule has 0 radical (unpaired) electrons. The number of amides is 1. The Bertz CT molecular complexity index is 271. The summed E-state index contributed by atoms with van der Waals surface area (Å²) in [4.78, 5) is 15.0. The van der Waals surface area contributed by atoms with Crippen molar-refractivity contribution >= 4 is 5.91 Å². The van der Waals surface area contributed by atoms with Crippen LogP contribution in [-0.4, -0.2) is 17.9 Å². The minimum absolute atomic E-state index is 0.145. The Hall–Kier alpha value is -1.38. The predicted octanol–water partition coefficient (Wildman–Crippen LogP) is 1.78. The Kier molecular flexibility index (Phi) is 5.52. The molecule has 72 valence electrons. The van der Waals surface area contributed by atoms with Crippen molar-refractivity contribution in [2.24, 2.45) is 0 Å². The number of rotatable bonds is 1. The van der Waals surface area contributed by atoms with Gasteiger partial charge in [0.25, 0.3) is 5.91 Å². The van der Waals surface area contributed by atoms with Crippen LogP contribution in [0, 0.1) is 6.92 Å². The van der Waals surface area contributed by atoms with Crippen LogP contribution >= 0.6 is 0 Å². The summed E-state index contributed by atoms with van der Waals surface area (Å²) in [6.07, 6.45) is 0. The van der Waals surface area contributed by atoms with Gasteiger partial charge < -0.3 is 5.32 Å². The Morgan fingerprint density at radius 1 is 1.38 bits per heavy atom. The van der Waals surface area contributed by atoms with E-state index in [2.05, 4.69) is 10.3 Å². The van der Waals surface area contributed by atoms with Gasteiger partial charge in [0.05, 0.1) is 0 Å². The topological polar surface area (TPSA) is 42.0 Å². The smallest absolute Gasteiger partial charge is 0.269 e. The third-order valence-corrected chi connectivity index (χ3v) is 1.35. The summed E-state index contributed by atoms with van der Waals surface area (Å²) in [5, 5.41) is 2.51. The van der Waals surface area contributed by atoms with Crippen molar-refractivity contribution in [1.82, 2.24) is 10.3 Å². The lowest BCUT2D eigenvalue weighted by molar-refractivity contribution is 0.0958. The second kappa shape index (κ2) is 6.17. The van der Waals surface area contributed by atoms with Crippen LogP contribution in [-0.2, 0) is 0 Å². The van der Waals surface area contributed by atoms with Gasteiger partial charge in [-0.2, -0.15) is 0 Å². The van der Waals surface area contributed by atoms with Crippen molar-refractivity contribution in [2.75, 3.05) is 7.05 Å². The lowest BCUT2D eigenvalue weighted by atomic mass is 10.3. The maximum atomic E-state index is 11.0. The number of carbonyl (C=O) groups is 1. The first kappa shape index (κ1) is 11.6. The molecule has 1 heterocycles. The van der Waals surface area contributed by atoms with E-state index in [1.807, 2.05) is 32.9 Å². The van der Waals surface area contributed by atoms with E-state index < -0.39 is 0 Å². The molecule has 0 aromatic carbocycles.